The Morgan fingerprint density at radius 3 is 2.67 bits per heavy atom. The molecule has 0 aliphatic carbocycles. The number of piperidine rings is 1. The van der Waals surface area contributed by atoms with E-state index in [-0.39, 0.29) is 0 Å². The van der Waals surface area contributed by atoms with Gasteiger partial charge < -0.3 is 5.32 Å². The molecule has 1 saturated heterocycles. The molecule has 88 valence electrons. The monoisotopic (exact) mass is 230 g/mol. The van der Waals surface area contributed by atoms with Crippen molar-refractivity contribution >= 4 is 11.6 Å². The van der Waals surface area contributed by atoms with E-state index in [1.165, 1.54) is 37.9 Å². The smallest absolute Gasteiger partial charge is 0.0192 e. The number of likely N-dealkylation sites (tertiary alicyclic amines) is 1. The Morgan fingerprint density at radius 2 is 2.07 bits per heavy atom. The minimum atomic E-state index is 0.647. The molecular formula is C12H23ClN2. The van der Waals surface area contributed by atoms with Gasteiger partial charge in [0.2, 0.25) is 0 Å². The Balaban J connectivity index is 2.14. The fraction of sp³-hybridized carbons (Fsp3) is 0.833. The molecule has 1 rings (SSSR count). The van der Waals surface area contributed by atoms with Crippen molar-refractivity contribution in [3.05, 3.63) is 11.1 Å². The minimum absolute atomic E-state index is 0.647. The summed E-state index contributed by atoms with van der Waals surface area (Å²) in [6.07, 6.45) is 4.14. The first-order chi connectivity index (χ1) is 7.24. The molecule has 1 atom stereocenters. The SMILES string of the molecule is CC(=CCl)CNCC(C)N1CCCCC1. The summed E-state index contributed by atoms with van der Waals surface area (Å²) in [5, 5.41) is 3.44. The molecule has 1 aliphatic heterocycles. The van der Waals surface area contributed by atoms with Gasteiger partial charge in [0.15, 0.2) is 0 Å². The van der Waals surface area contributed by atoms with Crippen molar-refractivity contribution in [2.24, 2.45) is 0 Å². The summed E-state index contributed by atoms with van der Waals surface area (Å²) >= 11 is 5.60. The maximum atomic E-state index is 5.60. The second-order valence-electron chi connectivity index (χ2n) is 4.53. The van der Waals surface area contributed by atoms with E-state index in [4.69, 9.17) is 11.6 Å². The van der Waals surface area contributed by atoms with E-state index in [0.717, 1.165) is 13.1 Å². The summed E-state index contributed by atoms with van der Waals surface area (Å²) in [7, 11) is 0. The van der Waals surface area contributed by atoms with Gasteiger partial charge in [-0.3, -0.25) is 4.90 Å². The van der Waals surface area contributed by atoms with Crippen LogP contribution in [0.15, 0.2) is 11.1 Å². The lowest BCUT2D eigenvalue weighted by atomic mass is 10.1. The van der Waals surface area contributed by atoms with Gasteiger partial charge in [-0.15, -0.1) is 0 Å². The molecule has 0 saturated carbocycles. The highest BCUT2D eigenvalue weighted by atomic mass is 35.5. The lowest BCUT2D eigenvalue weighted by Gasteiger charge is -2.32. The van der Waals surface area contributed by atoms with Gasteiger partial charge in [-0.25, -0.2) is 0 Å². The molecule has 0 aromatic carbocycles. The first-order valence-corrected chi connectivity index (χ1v) is 6.38. The summed E-state index contributed by atoms with van der Waals surface area (Å²) in [5.74, 6) is 0. The average Bonchev–Trinajstić information content (AvgIpc) is 2.29. The average molecular weight is 231 g/mol. The second kappa shape index (κ2) is 7.26. The Bertz CT molecular complexity index is 198. The molecule has 0 bridgehead atoms. The molecule has 2 nitrogen and oxygen atoms in total. The molecule has 1 aliphatic rings. The number of nitrogens with one attached hydrogen (secondary N) is 1. The van der Waals surface area contributed by atoms with Crippen LogP contribution in [0.4, 0.5) is 0 Å². The van der Waals surface area contributed by atoms with Crippen molar-refractivity contribution in [3.8, 4) is 0 Å². The highest BCUT2D eigenvalue weighted by Gasteiger charge is 2.15. The Hall–Kier alpha value is -0.0500. The van der Waals surface area contributed by atoms with Crippen LogP contribution in [-0.4, -0.2) is 37.1 Å². The Kier molecular flexibility index (Phi) is 6.30. The predicted molar refractivity (Wildman–Crippen MR) is 67.4 cm³/mol. The number of nitrogens with zero attached hydrogens (tertiary/aromatic N) is 1. The maximum absolute atomic E-state index is 5.60. The fourth-order valence-corrected chi connectivity index (χ4v) is 2.08. The van der Waals surface area contributed by atoms with Crippen molar-refractivity contribution in [1.82, 2.24) is 10.2 Å². The summed E-state index contributed by atoms with van der Waals surface area (Å²) in [6, 6.07) is 0.647. The zero-order chi connectivity index (χ0) is 11.1. The summed E-state index contributed by atoms with van der Waals surface area (Å²) in [5.41, 5.74) is 2.85. The highest BCUT2D eigenvalue weighted by molar-refractivity contribution is 6.25. The molecule has 1 unspecified atom stereocenters. The van der Waals surface area contributed by atoms with E-state index in [9.17, 15) is 0 Å². The lowest BCUT2D eigenvalue weighted by Crippen LogP contribution is -2.43. The predicted octanol–water partition coefficient (Wildman–Crippen LogP) is 2.59. The molecule has 1 N–H and O–H groups in total. The summed E-state index contributed by atoms with van der Waals surface area (Å²) < 4.78 is 0. The van der Waals surface area contributed by atoms with Gasteiger partial charge in [0.25, 0.3) is 0 Å². The normalized spacial score (nSPS) is 21.7. The molecule has 0 aromatic heterocycles. The lowest BCUT2D eigenvalue weighted by molar-refractivity contribution is 0.171. The molecule has 0 amide bonds. The quantitative estimate of drug-likeness (QED) is 0.781. The van der Waals surface area contributed by atoms with Gasteiger partial charge in [0.05, 0.1) is 0 Å². The summed E-state index contributed by atoms with van der Waals surface area (Å²) in [4.78, 5) is 2.58. The van der Waals surface area contributed by atoms with Gasteiger partial charge in [-0.05, 0) is 45.4 Å². The van der Waals surface area contributed by atoms with Crippen LogP contribution in [0.25, 0.3) is 0 Å². The number of halogens is 1. The molecule has 0 radical (unpaired) electrons. The second-order valence-corrected chi connectivity index (χ2v) is 4.75. The third kappa shape index (κ3) is 5.01. The number of hydrogen-bond donors (Lipinski definition) is 1. The van der Waals surface area contributed by atoms with E-state index < -0.39 is 0 Å². The van der Waals surface area contributed by atoms with Gasteiger partial charge >= 0.3 is 0 Å². The maximum Gasteiger partial charge on any atom is 0.0192 e. The van der Waals surface area contributed by atoms with Crippen LogP contribution in [0.2, 0.25) is 0 Å². The molecule has 1 heterocycles. The largest absolute Gasteiger partial charge is 0.311 e. The van der Waals surface area contributed by atoms with E-state index in [1.807, 2.05) is 6.92 Å². The Morgan fingerprint density at radius 1 is 1.40 bits per heavy atom. The van der Waals surface area contributed by atoms with Gasteiger partial charge in [0.1, 0.15) is 0 Å². The Labute approximate surface area is 98.7 Å². The zero-order valence-electron chi connectivity index (χ0n) is 9.93. The van der Waals surface area contributed by atoms with Gasteiger partial charge in [-0.2, -0.15) is 0 Å². The molecule has 0 aromatic rings. The van der Waals surface area contributed by atoms with Crippen LogP contribution in [0.1, 0.15) is 33.1 Å². The molecule has 1 fully saturated rings. The van der Waals surface area contributed by atoms with E-state index in [0.29, 0.717) is 6.04 Å². The van der Waals surface area contributed by atoms with Crippen LogP contribution in [0.3, 0.4) is 0 Å². The first-order valence-electron chi connectivity index (χ1n) is 5.94. The van der Waals surface area contributed by atoms with Crippen LogP contribution in [0.5, 0.6) is 0 Å². The first kappa shape index (κ1) is 13.0. The van der Waals surface area contributed by atoms with Gasteiger partial charge in [-0.1, -0.05) is 18.0 Å². The van der Waals surface area contributed by atoms with Crippen LogP contribution in [-0.2, 0) is 0 Å². The van der Waals surface area contributed by atoms with Crippen molar-refractivity contribution in [2.45, 2.75) is 39.2 Å². The molecule has 0 spiro atoms. The van der Waals surface area contributed by atoms with E-state index >= 15 is 0 Å². The minimum Gasteiger partial charge on any atom is -0.311 e. The van der Waals surface area contributed by atoms with Gasteiger partial charge in [0, 0.05) is 24.7 Å². The highest BCUT2D eigenvalue weighted by Crippen LogP contribution is 2.11. The molecule has 3 heteroatoms. The van der Waals surface area contributed by atoms with Crippen LogP contribution >= 0.6 is 11.6 Å². The third-order valence-electron chi connectivity index (χ3n) is 3.04. The number of hydrogen-bond acceptors (Lipinski definition) is 2. The molecular weight excluding hydrogens is 208 g/mol. The van der Waals surface area contributed by atoms with Crippen molar-refractivity contribution in [1.29, 1.82) is 0 Å². The molecule has 15 heavy (non-hydrogen) atoms. The number of rotatable bonds is 5. The topological polar surface area (TPSA) is 15.3 Å². The van der Waals surface area contributed by atoms with Crippen LogP contribution in [0, 0.1) is 0 Å². The van der Waals surface area contributed by atoms with Crippen molar-refractivity contribution in [2.75, 3.05) is 26.2 Å². The van der Waals surface area contributed by atoms with Crippen molar-refractivity contribution in [3.63, 3.8) is 0 Å². The zero-order valence-corrected chi connectivity index (χ0v) is 10.7. The third-order valence-corrected chi connectivity index (χ3v) is 3.42. The standard InChI is InChI=1S/C12H23ClN2/c1-11(8-13)9-14-10-12(2)15-6-4-3-5-7-15/h8,12,14H,3-7,9-10H2,1-2H3. The summed E-state index contributed by atoms with van der Waals surface area (Å²) in [6.45, 7) is 8.85. The fourth-order valence-electron chi connectivity index (χ4n) is 2.01. The van der Waals surface area contributed by atoms with E-state index in [2.05, 4.69) is 17.1 Å². The van der Waals surface area contributed by atoms with E-state index in [1.54, 1.807) is 5.54 Å². The van der Waals surface area contributed by atoms with Crippen molar-refractivity contribution < 1.29 is 0 Å². The van der Waals surface area contributed by atoms with Crippen LogP contribution < -0.4 is 5.32 Å².